The zero-order valence-corrected chi connectivity index (χ0v) is 8.02. The number of amides is 1. The molecule has 1 aromatic rings. The minimum atomic E-state index is -0.769. The lowest BCUT2D eigenvalue weighted by molar-refractivity contribution is -0.119. The normalized spacial score (nSPS) is 18.1. The Hall–Kier alpha value is -1.58. The first-order chi connectivity index (χ1) is 6.50. The molecule has 0 radical (unpaired) electrons. The molecular formula is C10H11FN2O. The summed E-state index contributed by atoms with van der Waals surface area (Å²) in [6.07, 6.45) is 0. The zero-order valence-electron chi connectivity index (χ0n) is 8.02. The Morgan fingerprint density at radius 1 is 1.36 bits per heavy atom. The van der Waals surface area contributed by atoms with Crippen LogP contribution in [-0.4, -0.2) is 11.4 Å². The van der Waals surface area contributed by atoms with E-state index in [1.54, 1.807) is 26.0 Å². The molecule has 1 heterocycles. The highest BCUT2D eigenvalue weighted by molar-refractivity contribution is 6.05. The average molecular weight is 194 g/mol. The van der Waals surface area contributed by atoms with E-state index in [0.29, 0.717) is 11.4 Å². The van der Waals surface area contributed by atoms with E-state index >= 15 is 0 Å². The van der Waals surface area contributed by atoms with Gasteiger partial charge in [-0.3, -0.25) is 4.79 Å². The molecule has 1 aliphatic heterocycles. The van der Waals surface area contributed by atoms with Crippen LogP contribution in [0.5, 0.6) is 0 Å². The highest BCUT2D eigenvalue weighted by atomic mass is 19.1. The Kier molecular flexibility index (Phi) is 1.74. The van der Waals surface area contributed by atoms with Crippen LogP contribution in [0.25, 0.3) is 0 Å². The summed E-state index contributed by atoms with van der Waals surface area (Å²) in [5.74, 6) is -0.508. The molecule has 74 valence electrons. The van der Waals surface area contributed by atoms with E-state index in [1.807, 2.05) is 0 Å². The van der Waals surface area contributed by atoms with Crippen molar-refractivity contribution in [2.45, 2.75) is 19.4 Å². The SMILES string of the molecule is CC1(C)Nc2c(F)cccc2NC1=O. The fraction of sp³-hybridized carbons (Fsp3) is 0.300. The number of halogens is 1. The van der Waals surface area contributed by atoms with E-state index in [0.717, 1.165) is 0 Å². The largest absolute Gasteiger partial charge is 0.368 e. The van der Waals surface area contributed by atoms with Gasteiger partial charge in [0.25, 0.3) is 0 Å². The summed E-state index contributed by atoms with van der Waals surface area (Å²) in [6, 6.07) is 4.59. The minimum Gasteiger partial charge on any atom is -0.368 e. The smallest absolute Gasteiger partial charge is 0.249 e. The molecule has 0 saturated carbocycles. The summed E-state index contributed by atoms with van der Waals surface area (Å²) in [7, 11) is 0. The van der Waals surface area contributed by atoms with Gasteiger partial charge in [-0.1, -0.05) is 6.07 Å². The molecular weight excluding hydrogens is 183 g/mol. The highest BCUT2D eigenvalue weighted by Crippen LogP contribution is 2.32. The molecule has 1 aliphatic rings. The monoisotopic (exact) mass is 194 g/mol. The maximum atomic E-state index is 13.3. The first kappa shape index (κ1) is 8.99. The second-order valence-corrected chi connectivity index (χ2v) is 3.87. The van der Waals surface area contributed by atoms with Crippen LogP contribution >= 0.6 is 0 Å². The van der Waals surface area contributed by atoms with E-state index < -0.39 is 5.54 Å². The number of para-hydroxylation sites is 1. The second kappa shape index (κ2) is 2.70. The molecule has 0 aliphatic carbocycles. The quantitative estimate of drug-likeness (QED) is 0.663. The lowest BCUT2D eigenvalue weighted by Crippen LogP contribution is -2.47. The first-order valence-electron chi connectivity index (χ1n) is 4.39. The topological polar surface area (TPSA) is 41.1 Å². The van der Waals surface area contributed by atoms with Crippen molar-refractivity contribution in [3.05, 3.63) is 24.0 Å². The van der Waals surface area contributed by atoms with Gasteiger partial charge in [-0.25, -0.2) is 4.39 Å². The number of benzene rings is 1. The Bertz CT molecular complexity index is 401. The van der Waals surface area contributed by atoms with Crippen LogP contribution in [0.15, 0.2) is 18.2 Å². The third kappa shape index (κ3) is 1.23. The minimum absolute atomic E-state index is 0.157. The van der Waals surface area contributed by atoms with E-state index in [9.17, 15) is 9.18 Å². The van der Waals surface area contributed by atoms with Gasteiger partial charge in [0.2, 0.25) is 5.91 Å². The van der Waals surface area contributed by atoms with Crippen molar-refractivity contribution in [2.75, 3.05) is 10.6 Å². The van der Waals surface area contributed by atoms with Crippen LogP contribution in [0, 0.1) is 5.82 Å². The number of rotatable bonds is 0. The van der Waals surface area contributed by atoms with Gasteiger partial charge in [-0.05, 0) is 26.0 Å². The molecule has 0 atom stereocenters. The van der Waals surface area contributed by atoms with Crippen molar-refractivity contribution in [3.63, 3.8) is 0 Å². The molecule has 14 heavy (non-hydrogen) atoms. The summed E-state index contributed by atoms with van der Waals surface area (Å²) < 4.78 is 13.3. The number of anilines is 2. The average Bonchev–Trinajstić information content (AvgIpc) is 2.09. The maximum Gasteiger partial charge on any atom is 0.249 e. The van der Waals surface area contributed by atoms with E-state index in [2.05, 4.69) is 10.6 Å². The first-order valence-corrected chi connectivity index (χ1v) is 4.39. The van der Waals surface area contributed by atoms with E-state index in [1.165, 1.54) is 6.07 Å². The fourth-order valence-corrected chi connectivity index (χ4v) is 1.40. The number of nitrogens with one attached hydrogen (secondary N) is 2. The van der Waals surface area contributed by atoms with Crippen molar-refractivity contribution in [3.8, 4) is 0 Å². The third-order valence-corrected chi connectivity index (χ3v) is 2.27. The molecule has 1 amide bonds. The molecule has 4 heteroatoms. The summed E-state index contributed by atoms with van der Waals surface area (Å²) in [5, 5.41) is 5.52. The number of carbonyl (C=O) groups is 1. The number of hydrogen-bond donors (Lipinski definition) is 2. The van der Waals surface area contributed by atoms with Gasteiger partial charge in [0, 0.05) is 0 Å². The van der Waals surface area contributed by atoms with Gasteiger partial charge >= 0.3 is 0 Å². The molecule has 1 aromatic carbocycles. The second-order valence-electron chi connectivity index (χ2n) is 3.87. The number of carbonyl (C=O) groups excluding carboxylic acids is 1. The predicted molar refractivity (Wildman–Crippen MR) is 52.7 cm³/mol. The predicted octanol–water partition coefficient (Wildman–Crippen LogP) is 1.97. The zero-order chi connectivity index (χ0) is 10.3. The van der Waals surface area contributed by atoms with Crippen LogP contribution in [-0.2, 0) is 4.79 Å². The summed E-state index contributed by atoms with van der Waals surface area (Å²) in [4.78, 5) is 11.5. The molecule has 2 N–H and O–H groups in total. The molecule has 0 saturated heterocycles. The Morgan fingerprint density at radius 2 is 2.07 bits per heavy atom. The van der Waals surface area contributed by atoms with E-state index in [-0.39, 0.29) is 11.7 Å². The summed E-state index contributed by atoms with van der Waals surface area (Å²) >= 11 is 0. The molecule has 0 spiro atoms. The van der Waals surface area contributed by atoms with Crippen molar-refractivity contribution in [1.82, 2.24) is 0 Å². The molecule has 0 unspecified atom stereocenters. The van der Waals surface area contributed by atoms with Gasteiger partial charge in [-0.2, -0.15) is 0 Å². The van der Waals surface area contributed by atoms with Gasteiger partial charge in [0.15, 0.2) is 0 Å². The fourth-order valence-electron chi connectivity index (χ4n) is 1.40. The van der Waals surface area contributed by atoms with Crippen LogP contribution in [0.4, 0.5) is 15.8 Å². The van der Waals surface area contributed by atoms with E-state index in [4.69, 9.17) is 0 Å². The van der Waals surface area contributed by atoms with Gasteiger partial charge in [0.05, 0.1) is 11.4 Å². The molecule has 2 rings (SSSR count). The number of fused-ring (bicyclic) bond motifs is 1. The lowest BCUT2D eigenvalue weighted by Gasteiger charge is -2.32. The van der Waals surface area contributed by atoms with Gasteiger partial charge in [-0.15, -0.1) is 0 Å². The summed E-state index contributed by atoms with van der Waals surface area (Å²) in [5.41, 5.74) is 0.0845. The van der Waals surface area contributed by atoms with Crippen molar-refractivity contribution < 1.29 is 9.18 Å². The Labute approximate surface area is 81.3 Å². The van der Waals surface area contributed by atoms with Crippen LogP contribution in [0.3, 0.4) is 0 Å². The third-order valence-electron chi connectivity index (χ3n) is 2.27. The molecule has 0 aromatic heterocycles. The molecule has 0 fully saturated rings. The lowest BCUT2D eigenvalue weighted by atomic mass is 10.00. The van der Waals surface area contributed by atoms with Crippen LogP contribution < -0.4 is 10.6 Å². The van der Waals surface area contributed by atoms with Crippen molar-refractivity contribution in [1.29, 1.82) is 0 Å². The standard InChI is InChI=1S/C10H11FN2O/c1-10(2)9(14)12-7-5-3-4-6(11)8(7)13-10/h3-5,13H,1-2H3,(H,12,14). The van der Waals surface area contributed by atoms with Gasteiger partial charge < -0.3 is 10.6 Å². The number of hydrogen-bond acceptors (Lipinski definition) is 2. The Balaban J connectivity index is 2.51. The van der Waals surface area contributed by atoms with Gasteiger partial charge in [0.1, 0.15) is 11.4 Å². The molecule has 3 nitrogen and oxygen atoms in total. The van der Waals surface area contributed by atoms with Crippen molar-refractivity contribution >= 4 is 17.3 Å². The molecule has 0 bridgehead atoms. The van der Waals surface area contributed by atoms with Crippen molar-refractivity contribution in [2.24, 2.45) is 0 Å². The van der Waals surface area contributed by atoms with Crippen LogP contribution in [0.2, 0.25) is 0 Å². The summed E-state index contributed by atoms with van der Waals surface area (Å²) in [6.45, 7) is 3.41. The van der Waals surface area contributed by atoms with Crippen LogP contribution in [0.1, 0.15) is 13.8 Å². The Morgan fingerprint density at radius 3 is 2.79 bits per heavy atom. The maximum absolute atomic E-state index is 13.3. The highest BCUT2D eigenvalue weighted by Gasteiger charge is 2.33.